The summed E-state index contributed by atoms with van der Waals surface area (Å²) in [4.78, 5) is 1.12. The van der Waals surface area contributed by atoms with Crippen LogP contribution in [0.25, 0.3) is 0 Å². The summed E-state index contributed by atoms with van der Waals surface area (Å²) in [5, 5.41) is 13.6. The first-order chi connectivity index (χ1) is 8.23. The summed E-state index contributed by atoms with van der Waals surface area (Å²) in [5.41, 5.74) is -0.670. The van der Waals surface area contributed by atoms with Gasteiger partial charge in [-0.05, 0) is 44.3 Å². The highest BCUT2D eigenvalue weighted by molar-refractivity contribution is 7.98. The SMILES string of the molecule is CSc1ccccc1OCC1(O)CCNCC1. The average Bonchev–Trinajstić information content (AvgIpc) is 2.38. The number of rotatable bonds is 4. The average molecular weight is 253 g/mol. The van der Waals surface area contributed by atoms with Gasteiger partial charge >= 0.3 is 0 Å². The van der Waals surface area contributed by atoms with Gasteiger partial charge in [-0.25, -0.2) is 0 Å². The van der Waals surface area contributed by atoms with Gasteiger partial charge in [0.25, 0.3) is 0 Å². The van der Waals surface area contributed by atoms with Gasteiger partial charge in [0.2, 0.25) is 0 Å². The van der Waals surface area contributed by atoms with Gasteiger partial charge in [-0.2, -0.15) is 0 Å². The molecule has 0 amide bonds. The quantitative estimate of drug-likeness (QED) is 0.804. The highest BCUT2D eigenvalue weighted by Gasteiger charge is 2.30. The van der Waals surface area contributed by atoms with Gasteiger partial charge in [-0.15, -0.1) is 11.8 Å². The minimum absolute atomic E-state index is 0.381. The summed E-state index contributed by atoms with van der Waals surface area (Å²) in [7, 11) is 0. The number of hydrogen-bond donors (Lipinski definition) is 2. The lowest BCUT2D eigenvalue weighted by molar-refractivity contribution is -0.0292. The van der Waals surface area contributed by atoms with Crippen LogP contribution in [0.2, 0.25) is 0 Å². The number of ether oxygens (including phenoxy) is 1. The number of hydrogen-bond acceptors (Lipinski definition) is 4. The fourth-order valence-corrected chi connectivity index (χ4v) is 2.53. The largest absolute Gasteiger partial charge is 0.489 e. The molecule has 94 valence electrons. The zero-order valence-corrected chi connectivity index (χ0v) is 10.9. The molecule has 1 saturated heterocycles. The maximum Gasteiger partial charge on any atom is 0.132 e. The summed E-state index contributed by atoms with van der Waals surface area (Å²) in [5.74, 6) is 0.868. The monoisotopic (exact) mass is 253 g/mol. The fourth-order valence-electron chi connectivity index (χ4n) is 1.99. The summed E-state index contributed by atoms with van der Waals surface area (Å²) in [6.07, 6.45) is 3.55. The Bertz CT molecular complexity index is 364. The third kappa shape index (κ3) is 3.37. The summed E-state index contributed by atoms with van der Waals surface area (Å²) in [6.45, 7) is 2.11. The second-order valence-corrected chi connectivity index (χ2v) is 5.26. The molecular weight excluding hydrogens is 234 g/mol. The lowest BCUT2D eigenvalue weighted by Gasteiger charge is -2.32. The fraction of sp³-hybridized carbons (Fsp3) is 0.538. The number of thioether (sulfide) groups is 1. The Kier molecular flexibility index (Phi) is 4.31. The van der Waals surface area contributed by atoms with Crippen LogP contribution in [0.15, 0.2) is 29.2 Å². The topological polar surface area (TPSA) is 41.5 Å². The Hall–Kier alpha value is -0.710. The van der Waals surface area contributed by atoms with E-state index in [1.807, 2.05) is 30.5 Å². The molecule has 1 aliphatic rings. The molecule has 17 heavy (non-hydrogen) atoms. The molecule has 1 aromatic carbocycles. The van der Waals surface area contributed by atoms with Crippen LogP contribution in [-0.4, -0.2) is 36.7 Å². The Labute approximate surface area is 107 Å². The van der Waals surface area contributed by atoms with Gasteiger partial charge < -0.3 is 15.2 Å². The lowest BCUT2D eigenvalue weighted by Crippen LogP contribution is -2.46. The van der Waals surface area contributed by atoms with Crippen molar-refractivity contribution in [2.45, 2.75) is 23.3 Å². The normalized spacial score (nSPS) is 18.9. The van der Waals surface area contributed by atoms with Gasteiger partial charge in [0.15, 0.2) is 0 Å². The standard InChI is InChI=1S/C13H19NO2S/c1-17-12-5-3-2-4-11(12)16-10-13(15)6-8-14-9-7-13/h2-5,14-15H,6-10H2,1H3. The number of piperidine rings is 1. The molecule has 0 atom stereocenters. The molecular formula is C13H19NO2S. The molecule has 0 saturated carbocycles. The summed E-state index contributed by atoms with van der Waals surface area (Å²) < 4.78 is 5.77. The third-order valence-corrected chi connectivity index (χ3v) is 3.88. The van der Waals surface area contributed by atoms with Crippen LogP contribution in [0.3, 0.4) is 0 Å². The summed E-state index contributed by atoms with van der Waals surface area (Å²) in [6, 6.07) is 7.95. The third-order valence-electron chi connectivity index (χ3n) is 3.10. The zero-order valence-electron chi connectivity index (χ0n) is 10.1. The van der Waals surface area contributed by atoms with Crippen LogP contribution in [0, 0.1) is 0 Å². The maximum absolute atomic E-state index is 10.3. The van der Waals surface area contributed by atoms with Crippen molar-refractivity contribution in [2.75, 3.05) is 26.0 Å². The Morgan fingerprint density at radius 1 is 1.35 bits per heavy atom. The zero-order chi connectivity index (χ0) is 12.1. The van der Waals surface area contributed by atoms with E-state index in [9.17, 15) is 5.11 Å². The predicted octanol–water partition coefficient (Wildman–Crippen LogP) is 1.90. The van der Waals surface area contributed by atoms with Crippen LogP contribution in [0.4, 0.5) is 0 Å². The minimum Gasteiger partial charge on any atom is -0.489 e. The van der Waals surface area contributed by atoms with Crippen LogP contribution >= 0.6 is 11.8 Å². The number of aliphatic hydroxyl groups is 1. The van der Waals surface area contributed by atoms with E-state index in [4.69, 9.17) is 4.74 Å². The highest BCUT2D eigenvalue weighted by Crippen LogP contribution is 2.28. The smallest absolute Gasteiger partial charge is 0.132 e. The van der Waals surface area contributed by atoms with E-state index in [1.54, 1.807) is 11.8 Å². The predicted molar refractivity (Wildman–Crippen MR) is 70.8 cm³/mol. The molecule has 3 nitrogen and oxygen atoms in total. The van der Waals surface area contributed by atoms with Gasteiger partial charge in [0.1, 0.15) is 18.0 Å². The van der Waals surface area contributed by atoms with E-state index in [1.165, 1.54) is 0 Å². The van der Waals surface area contributed by atoms with Crippen molar-refractivity contribution in [3.63, 3.8) is 0 Å². The van der Waals surface area contributed by atoms with Crippen LogP contribution in [-0.2, 0) is 0 Å². The van der Waals surface area contributed by atoms with E-state index in [0.29, 0.717) is 6.61 Å². The molecule has 1 heterocycles. The molecule has 0 aromatic heterocycles. The van der Waals surface area contributed by atoms with Crippen molar-refractivity contribution in [1.82, 2.24) is 5.32 Å². The van der Waals surface area contributed by atoms with E-state index in [2.05, 4.69) is 5.32 Å². The Balaban J connectivity index is 1.96. The molecule has 1 fully saturated rings. The summed E-state index contributed by atoms with van der Waals surface area (Å²) >= 11 is 1.66. The first-order valence-electron chi connectivity index (χ1n) is 5.92. The Morgan fingerprint density at radius 3 is 2.76 bits per heavy atom. The van der Waals surface area contributed by atoms with Crippen LogP contribution < -0.4 is 10.1 Å². The maximum atomic E-state index is 10.3. The van der Waals surface area contributed by atoms with E-state index in [0.717, 1.165) is 36.6 Å². The molecule has 0 bridgehead atoms. The van der Waals surface area contributed by atoms with Crippen molar-refractivity contribution in [1.29, 1.82) is 0 Å². The second kappa shape index (κ2) is 5.76. The van der Waals surface area contributed by atoms with Crippen LogP contribution in [0.1, 0.15) is 12.8 Å². The highest BCUT2D eigenvalue weighted by atomic mass is 32.2. The van der Waals surface area contributed by atoms with Gasteiger partial charge in [-0.1, -0.05) is 12.1 Å². The number of para-hydroxylation sites is 1. The molecule has 2 N–H and O–H groups in total. The van der Waals surface area contributed by atoms with Gasteiger partial charge in [0, 0.05) is 4.90 Å². The molecule has 1 aliphatic heterocycles. The first kappa shape index (κ1) is 12.7. The molecule has 0 unspecified atom stereocenters. The first-order valence-corrected chi connectivity index (χ1v) is 7.15. The van der Waals surface area contributed by atoms with E-state index < -0.39 is 5.60 Å². The van der Waals surface area contributed by atoms with E-state index >= 15 is 0 Å². The Morgan fingerprint density at radius 2 is 2.06 bits per heavy atom. The number of nitrogens with one attached hydrogen (secondary N) is 1. The molecule has 0 spiro atoms. The minimum atomic E-state index is -0.670. The van der Waals surface area contributed by atoms with Crippen LogP contribution in [0.5, 0.6) is 5.75 Å². The van der Waals surface area contributed by atoms with Crippen molar-refractivity contribution >= 4 is 11.8 Å². The van der Waals surface area contributed by atoms with Gasteiger partial charge in [-0.3, -0.25) is 0 Å². The van der Waals surface area contributed by atoms with Crippen molar-refractivity contribution in [2.24, 2.45) is 0 Å². The van der Waals surface area contributed by atoms with Gasteiger partial charge in [0.05, 0.1) is 0 Å². The van der Waals surface area contributed by atoms with Crippen molar-refractivity contribution in [3.8, 4) is 5.75 Å². The van der Waals surface area contributed by atoms with E-state index in [-0.39, 0.29) is 0 Å². The molecule has 4 heteroatoms. The number of benzene rings is 1. The van der Waals surface area contributed by atoms with Crippen molar-refractivity contribution in [3.05, 3.63) is 24.3 Å². The molecule has 2 rings (SSSR count). The van der Waals surface area contributed by atoms with Crippen molar-refractivity contribution < 1.29 is 9.84 Å². The lowest BCUT2D eigenvalue weighted by atomic mass is 9.94. The molecule has 1 aromatic rings. The molecule has 0 radical (unpaired) electrons. The molecule has 0 aliphatic carbocycles. The second-order valence-electron chi connectivity index (χ2n) is 4.41.